The summed E-state index contributed by atoms with van der Waals surface area (Å²) in [5.74, 6) is -1.30. The van der Waals surface area contributed by atoms with Crippen LogP contribution in [0.3, 0.4) is 0 Å². The van der Waals surface area contributed by atoms with E-state index >= 15 is 0 Å². The molecule has 2 amide bonds. The number of hydrogen-bond donors (Lipinski definition) is 1. The van der Waals surface area contributed by atoms with E-state index in [9.17, 15) is 22.4 Å². The van der Waals surface area contributed by atoms with E-state index in [0.29, 0.717) is 28.6 Å². The van der Waals surface area contributed by atoms with E-state index < -0.39 is 21.9 Å². The van der Waals surface area contributed by atoms with E-state index in [0.717, 1.165) is 17.0 Å². The first-order chi connectivity index (χ1) is 17.0. The van der Waals surface area contributed by atoms with Crippen LogP contribution >= 0.6 is 23.2 Å². The summed E-state index contributed by atoms with van der Waals surface area (Å²) in [7, 11) is -3.79. The number of carbonyl (C=O) groups excluding carboxylic acids is 2. The molecule has 0 heterocycles. The molecule has 0 aromatic heterocycles. The third-order valence-corrected chi connectivity index (χ3v) is 7.33. The Morgan fingerprint density at radius 1 is 1.11 bits per heavy atom. The van der Waals surface area contributed by atoms with Gasteiger partial charge in [-0.25, -0.2) is 12.8 Å². The van der Waals surface area contributed by atoms with Gasteiger partial charge in [0.15, 0.2) is 0 Å². The fraction of sp³-hybridized carbons (Fsp3) is 0.440. The summed E-state index contributed by atoms with van der Waals surface area (Å²) < 4.78 is 39.9. The number of benzene rings is 2. The van der Waals surface area contributed by atoms with E-state index in [-0.39, 0.29) is 43.4 Å². The minimum Gasteiger partial charge on any atom is -0.354 e. The van der Waals surface area contributed by atoms with Crippen LogP contribution in [-0.2, 0) is 26.2 Å². The Hall–Kier alpha value is -2.36. The van der Waals surface area contributed by atoms with Crippen molar-refractivity contribution in [2.24, 2.45) is 0 Å². The largest absolute Gasteiger partial charge is 0.354 e. The second-order valence-corrected chi connectivity index (χ2v) is 11.1. The molecule has 1 N–H and O–H groups in total. The van der Waals surface area contributed by atoms with Crippen LogP contribution in [-0.4, -0.2) is 50.5 Å². The van der Waals surface area contributed by atoms with Crippen LogP contribution in [0.15, 0.2) is 42.5 Å². The molecule has 7 nitrogen and oxygen atoms in total. The van der Waals surface area contributed by atoms with Crippen molar-refractivity contribution in [3.8, 4) is 0 Å². The quantitative estimate of drug-likeness (QED) is 0.373. The van der Waals surface area contributed by atoms with Gasteiger partial charge >= 0.3 is 0 Å². The highest BCUT2D eigenvalue weighted by atomic mass is 35.5. The molecule has 2 rings (SSSR count). The summed E-state index contributed by atoms with van der Waals surface area (Å²) in [5, 5.41) is 3.65. The number of carbonyl (C=O) groups is 2. The van der Waals surface area contributed by atoms with E-state index in [1.807, 2.05) is 13.8 Å². The third-order valence-electron chi connectivity index (χ3n) is 5.56. The number of nitrogens with one attached hydrogen (secondary N) is 1. The van der Waals surface area contributed by atoms with Gasteiger partial charge in [-0.15, -0.1) is 0 Å². The Labute approximate surface area is 222 Å². The number of halogens is 3. The molecular weight excluding hydrogens is 528 g/mol. The lowest BCUT2D eigenvalue weighted by Crippen LogP contribution is -2.49. The minimum atomic E-state index is -3.79. The molecule has 0 unspecified atom stereocenters. The molecule has 1 atom stereocenters. The second kappa shape index (κ2) is 13.8. The molecule has 0 aliphatic carbocycles. The Kier molecular flexibility index (Phi) is 11.5. The van der Waals surface area contributed by atoms with Gasteiger partial charge in [-0.1, -0.05) is 55.2 Å². The van der Waals surface area contributed by atoms with Crippen LogP contribution in [0.4, 0.5) is 10.1 Å². The van der Waals surface area contributed by atoms with E-state index in [4.69, 9.17) is 23.2 Å². The van der Waals surface area contributed by atoms with Crippen LogP contribution in [0, 0.1) is 5.82 Å². The first-order valence-electron chi connectivity index (χ1n) is 11.7. The average Bonchev–Trinajstić information content (AvgIpc) is 2.81. The van der Waals surface area contributed by atoms with Gasteiger partial charge < -0.3 is 10.2 Å². The van der Waals surface area contributed by atoms with Crippen molar-refractivity contribution in [1.82, 2.24) is 10.2 Å². The fourth-order valence-electron chi connectivity index (χ4n) is 3.76. The lowest BCUT2D eigenvalue weighted by atomic mass is 10.1. The summed E-state index contributed by atoms with van der Waals surface area (Å²) in [6.45, 7) is 4.20. The molecule has 2 aromatic rings. The highest BCUT2D eigenvalue weighted by molar-refractivity contribution is 7.92. The zero-order valence-corrected chi connectivity index (χ0v) is 23.0. The van der Waals surface area contributed by atoms with Crippen LogP contribution < -0.4 is 9.62 Å². The van der Waals surface area contributed by atoms with Gasteiger partial charge in [-0.05, 0) is 49.1 Å². The molecule has 0 aliphatic heterocycles. The number of amides is 2. The lowest BCUT2D eigenvalue weighted by molar-refractivity contribution is -0.141. The van der Waals surface area contributed by atoms with Gasteiger partial charge in [0.25, 0.3) is 0 Å². The number of sulfonamides is 1. The average molecular weight is 561 g/mol. The molecule has 0 radical (unpaired) electrons. The van der Waals surface area contributed by atoms with Gasteiger partial charge in [0.2, 0.25) is 21.8 Å². The van der Waals surface area contributed by atoms with Crippen molar-refractivity contribution in [3.05, 3.63) is 63.9 Å². The highest BCUT2D eigenvalue weighted by Crippen LogP contribution is 2.25. The first kappa shape index (κ1) is 29.9. The lowest BCUT2D eigenvalue weighted by Gasteiger charge is -2.31. The maximum Gasteiger partial charge on any atom is 0.242 e. The molecule has 0 fully saturated rings. The highest BCUT2D eigenvalue weighted by Gasteiger charge is 2.29. The predicted octanol–water partition coefficient (Wildman–Crippen LogP) is 5.01. The van der Waals surface area contributed by atoms with Crippen molar-refractivity contribution in [2.75, 3.05) is 23.7 Å². The van der Waals surface area contributed by atoms with Gasteiger partial charge in [-0.2, -0.15) is 0 Å². The Morgan fingerprint density at radius 2 is 1.81 bits per heavy atom. The maximum absolute atomic E-state index is 14.3. The maximum atomic E-state index is 14.3. The Balaban J connectivity index is 2.25. The number of rotatable bonds is 13. The third kappa shape index (κ3) is 8.35. The number of para-hydroxylation sites is 1. The second-order valence-electron chi connectivity index (χ2n) is 8.36. The van der Waals surface area contributed by atoms with E-state index in [2.05, 4.69) is 5.32 Å². The van der Waals surface area contributed by atoms with Crippen molar-refractivity contribution < 1.29 is 22.4 Å². The fourth-order valence-corrected chi connectivity index (χ4v) is 5.19. The number of nitrogens with zero attached hydrogens (tertiary/aromatic N) is 2. The van der Waals surface area contributed by atoms with Gasteiger partial charge in [-0.3, -0.25) is 13.9 Å². The predicted molar refractivity (Wildman–Crippen MR) is 142 cm³/mol. The number of anilines is 1. The molecule has 2 aromatic carbocycles. The molecule has 0 saturated carbocycles. The van der Waals surface area contributed by atoms with E-state index in [1.54, 1.807) is 24.3 Å². The summed E-state index contributed by atoms with van der Waals surface area (Å²) in [4.78, 5) is 27.7. The van der Waals surface area contributed by atoms with Crippen LogP contribution in [0.2, 0.25) is 10.0 Å². The summed E-state index contributed by atoms with van der Waals surface area (Å²) >= 11 is 12.3. The first-order valence-corrected chi connectivity index (χ1v) is 14.3. The van der Waals surface area contributed by atoms with E-state index in [1.165, 1.54) is 23.1 Å². The number of hydrogen-bond acceptors (Lipinski definition) is 4. The normalized spacial score (nSPS) is 12.2. The zero-order valence-electron chi connectivity index (χ0n) is 20.6. The zero-order chi connectivity index (χ0) is 26.9. The molecule has 198 valence electrons. The molecule has 0 bridgehead atoms. The molecule has 11 heteroatoms. The SMILES string of the molecule is CCCNC(=O)[C@@H](CC)N(Cc1ccc(Cl)cc1Cl)C(=O)CCCN(c1ccccc1F)S(C)(=O)=O. The molecular formula is C25H32Cl2FN3O4S. The monoisotopic (exact) mass is 559 g/mol. The van der Waals surface area contributed by atoms with Crippen molar-refractivity contribution >= 4 is 50.7 Å². The smallest absolute Gasteiger partial charge is 0.242 e. The summed E-state index contributed by atoms with van der Waals surface area (Å²) in [5.41, 5.74) is 0.544. The molecule has 0 saturated heterocycles. The Bertz CT molecular complexity index is 1160. The van der Waals surface area contributed by atoms with Gasteiger partial charge in [0, 0.05) is 36.1 Å². The van der Waals surface area contributed by atoms with Crippen molar-refractivity contribution in [2.45, 2.75) is 52.1 Å². The van der Waals surface area contributed by atoms with Crippen LogP contribution in [0.5, 0.6) is 0 Å². The summed E-state index contributed by atoms with van der Waals surface area (Å²) in [6, 6.07) is 9.74. The van der Waals surface area contributed by atoms with Crippen LogP contribution in [0.1, 0.15) is 45.1 Å². The topological polar surface area (TPSA) is 86.8 Å². The minimum absolute atomic E-state index is 0.0523. The Morgan fingerprint density at radius 3 is 2.39 bits per heavy atom. The van der Waals surface area contributed by atoms with Crippen molar-refractivity contribution in [1.29, 1.82) is 0 Å². The molecule has 0 spiro atoms. The van der Waals surface area contributed by atoms with Gasteiger partial charge in [0.05, 0.1) is 11.9 Å². The summed E-state index contributed by atoms with van der Waals surface area (Å²) in [6.07, 6.45) is 2.18. The standard InChI is InChI=1S/C25H32Cl2FN3O4S/c1-4-14-29-25(33)22(5-2)30(17-18-12-13-19(26)16-20(18)27)24(32)11-8-15-31(36(3,34)35)23-10-7-6-9-21(23)28/h6-7,9-10,12-13,16,22H,4-5,8,11,14-15,17H2,1-3H3,(H,29,33)/t22-/m1/s1. The van der Waals surface area contributed by atoms with Crippen LogP contribution in [0.25, 0.3) is 0 Å². The molecule has 36 heavy (non-hydrogen) atoms. The molecule has 0 aliphatic rings. The van der Waals surface area contributed by atoms with Gasteiger partial charge in [0.1, 0.15) is 11.9 Å². The van der Waals surface area contributed by atoms with Crippen molar-refractivity contribution in [3.63, 3.8) is 0 Å².